The number of amides is 2. The fraction of sp³-hybridized carbons (Fsp3) is 0.0909. The van der Waals surface area contributed by atoms with Gasteiger partial charge < -0.3 is 10.6 Å². The van der Waals surface area contributed by atoms with Crippen LogP contribution in [0.3, 0.4) is 0 Å². The molecule has 2 N–H and O–H groups in total. The normalized spacial score (nSPS) is 11.1. The minimum absolute atomic E-state index is 0.297. The van der Waals surface area contributed by atoms with E-state index in [0.717, 1.165) is 24.3 Å². The number of rotatable bonds is 6. The second-order valence-corrected chi connectivity index (χ2v) is 7.67. The van der Waals surface area contributed by atoms with Gasteiger partial charge in [-0.1, -0.05) is 12.1 Å². The van der Waals surface area contributed by atoms with Crippen molar-refractivity contribution in [3.63, 3.8) is 0 Å². The molecule has 0 saturated heterocycles. The molecule has 0 bridgehead atoms. The van der Waals surface area contributed by atoms with Gasteiger partial charge in [0.2, 0.25) is 0 Å². The highest BCUT2D eigenvalue weighted by Crippen LogP contribution is 2.37. The fourth-order valence-corrected chi connectivity index (χ4v) is 3.42. The molecule has 0 unspecified atom stereocenters. The Morgan fingerprint density at radius 1 is 0.941 bits per heavy atom. The third-order valence-electron chi connectivity index (χ3n) is 4.59. The second-order valence-electron chi connectivity index (χ2n) is 6.79. The van der Waals surface area contributed by atoms with Crippen LogP contribution in [-0.2, 0) is 6.18 Å². The summed E-state index contributed by atoms with van der Waals surface area (Å²) in [6.45, 7) is 0. The SMILES string of the molecule is CSc1ccc([N+](=O)[O-])c(C(=O)Nc2ccc(NC(=O)c3ccccc3F)cc2C(F)(F)F)c1. The van der Waals surface area contributed by atoms with Crippen LogP contribution >= 0.6 is 11.8 Å². The molecular weight excluding hydrogens is 478 g/mol. The number of nitrogens with one attached hydrogen (secondary N) is 2. The second kappa shape index (κ2) is 9.91. The maximum atomic E-state index is 13.8. The van der Waals surface area contributed by atoms with Gasteiger partial charge in [0.1, 0.15) is 11.4 Å². The summed E-state index contributed by atoms with van der Waals surface area (Å²) in [6.07, 6.45) is -3.28. The summed E-state index contributed by atoms with van der Waals surface area (Å²) in [5, 5.41) is 15.5. The molecule has 0 spiro atoms. The Balaban J connectivity index is 1.94. The Morgan fingerprint density at radius 3 is 2.24 bits per heavy atom. The van der Waals surface area contributed by atoms with E-state index in [1.165, 1.54) is 42.1 Å². The highest BCUT2D eigenvalue weighted by molar-refractivity contribution is 7.98. The molecule has 3 aromatic rings. The summed E-state index contributed by atoms with van der Waals surface area (Å²) in [7, 11) is 0. The molecule has 0 radical (unpaired) electrons. The summed E-state index contributed by atoms with van der Waals surface area (Å²) in [5.74, 6) is -2.93. The van der Waals surface area contributed by atoms with Gasteiger partial charge in [-0.15, -0.1) is 11.8 Å². The molecule has 34 heavy (non-hydrogen) atoms. The summed E-state index contributed by atoms with van der Waals surface area (Å²) in [5.41, 5.74) is -3.64. The van der Waals surface area contributed by atoms with Crippen molar-refractivity contribution in [2.24, 2.45) is 0 Å². The number of nitro groups is 1. The molecule has 0 fully saturated rings. The van der Waals surface area contributed by atoms with Crippen LogP contribution in [0.15, 0.2) is 65.6 Å². The third-order valence-corrected chi connectivity index (χ3v) is 5.32. The van der Waals surface area contributed by atoms with Crippen LogP contribution in [0.1, 0.15) is 26.3 Å². The molecule has 0 atom stereocenters. The summed E-state index contributed by atoms with van der Waals surface area (Å²) in [4.78, 5) is 35.9. The van der Waals surface area contributed by atoms with Gasteiger partial charge in [-0.3, -0.25) is 19.7 Å². The Bertz CT molecular complexity index is 1280. The third kappa shape index (κ3) is 5.52. The number of nitro benzene ring substituents is 1. The van der Waals surface area contributed by atoms with Gasteiger partial charge in [-0.05, 0) is 48.7 Å². The van der Waals surface area contributed by atoms with E-state index < -0.39 is 51.2 Å². The van der Waals surface area contributed by atoms with Crippen LogP contribution < -0.4 is 10.6 Å². The van der Waals surface area contributed by atoms with Crippen LogP contribution in [0.25, 0.3) is 0 Å². The lowest BCUT2D eigenvalue weighted by Gasteiger charge is -2.16. The van der Waals surface area contributed by atoms with E-state index in [1.54, 1.807) is 6.26 Å². The van der Waals surface area contributed by atoms with E-state index in [4.69, 9.17) is 0 Å². The summed E-state index contributed by atoms with van der Waals surface area (Å²) < 4.78 is 54.9. The molecule has 7 nitrogen and oxygen atoms in total. The van der Waals surface area contributed by atoms with Crippen LogP contribution in [0.5, 0.6) is 0 Å². The molecular formula is C22H15F4N3O4S. The predicted molar refractivity (Wildman–Crippen MR) is 119 cm³/mol. The summed E-state index contributed by atoms with van der Waals surface area (Å²) >= 11 is 1.19. The van der Waals surface area contributed by atoms with Crippen molar-refractivity contribution < 1.29 is 32.1 Å². The van der Waals surface area contributed by atoms with Crippen molar-refractivity contribution in [2.45, 2.75) is 11.1 Å². The average Bonchev–Trinajstić information content (AvgIpc) is 2.79. The molecule has 176 valence electrons. The molecule has 2 amide bonds. The standard InChI is InChI=1S/C22H15F4N3O4S/c1-34-13-7-9-19(29(32)33)15(11-13)21(31)28-18-8-6-12(10-16(18)22(24,25)26)27-20(30)14-4-2-3-5-17(14)23/h2-11H,1H3,(H,27,30)(H,28,31). The Morgan fingerprint density at radius 2 is 1.62 bits per heavy atom. The molecule has 0 saturated carbocycles. The number of nitrogens with zero attached hydrogens (tertiary/aromatic N) is 1. The minimum Gasteiger partial charge on any atom is -0.322 e. The van der Waals surface area contributed by atoms with E-state index in [-0.39, 0.29) is 11.3 Å². The summed E-state index contributed by atoms with van der Waals surface area (Å²) in [6, 6.07) is 11.2. The number of hydrogen-bond donors (Lipinski definition) is 2. The number of carbonyl (C=O) groups is 2. The Hall–Kier alpha value is -3.93. The average molecular weight is 493 g/mol. The van der Waals surface area contributed by atoms with E-state index in [1.807, 2.05) is 0 Å². The number of anilines is 2. The quantitative estimate of drug-likeness (QED) is 0.190. The smallest absolute Gasteiger partial charge is 0.322 e. The monoisotopic (exact) mass is 493 g/mol. The van der Waals surface area contributed by atoms with Crippen LogP contribution in [0.2, 0.25) is 0 Å². The van der Waals surface area contributed by atoms with Crippen LogP contribution in [0, 0.1) is 15.9 Å². The van der Waals surface area contributed by atoms with Gasteiger partial charge >= 0.3 is 6.18 Å². The van der Waals surface area contributed by atoms with Crippen LogP contribution in [-0.4, -0.2) is 23.0 Å². The maximum Gasteiger partial charge on any atom is 0.418 e. The topological polar surface area (TPSA) is 101 Å². The first-order chi connectivity index (χ1) is 16.0. The van der Waals surface area contributed by atoms with Crippen molar-refractivity contribution in [1.82, 2.24) is 0 Å². The zero-order chi connectivity index (χ0) is 25.0. The largest absolute Gasteiger partial charge is 0.418 e. The zero-order valence-corrected chi connectivity index (χ0v) is 18.1. The van der Waals surface area contributed by atoms with Gasteiger partial charge in [-0.2, -0.15) is 13.2 Å². The zero-order valence-electron chi connectivity index (χ0n) is 17.3. The first kappa shape index (κ1) is 24.7. The van der Waals surface area contributed by atoms with Crippen LogP contribution in [0.4, 0.5) is 34.6 Å². The molecule has 0 aliphatic carbocycles. The number of hydrogen-bond acceptors (Lipinski definition) is 5. The highest BCUT2D eigenvalue weighted by atomic mass is 32.2. The first-order valence-electron chi connectivity index (χ1n) is 9.42. The van der Waals surface area contributed by atoms with E-state index in [2.05, 4.69) is 10.6 Å². The van der Waals surface area contributed by atoms with Gasteiger partial charge in [0, 0.05) is 16.6 Å². The number of carbonyl (C=O) groups excluding carboxylic acids is 2. The van der Waals surface area contributed by atoms with Crippen molar-refractivity contribution in [3.05, 3.63) is 93.3 Å². The number of benzene rings is 3. The van der Waals surface area contributed by atoms with Crippen molar-refractivity contribution in [3.8, 4) is 0 Å². The number of thioether (sulfide) groups is 1. The van der Waals surface area contributed by atoms with E-state index in [9.17, 15) is 37.3 Å². The van der Waals surface area contributed by atoms with Crippen molar-refractivity contribution in [1.29, 1.82) is 0 Å². The minimum atomic E-state index is -4.95. The molecule has 0 aliphatic heterocycles. The lowest BCUT2D eigenvalue weighted by atomic mass is 10.1. The lowest BCUT2D eigenvalue weighted by molar-refractivity contribution is -0.385. The van der Waals surface area contributed by atoms with E-state index >= 15 is 0 Å². The highest BCUT2D eigenvalue weighted by Gasteiger charge is 2.35. The first-order valence-corrected chi connectivity index (χ1v) is 10.6. The lowest BCUT2D eigenvalue weighted by Crippen LogP contribution is -2.19. The molecule has 0 aromatic heterocycles. The molecule has 0 aliphatic rings. The molecule has 3 aromatic carbocycles. The van der Waals surface area contributed by atoms with Gasteiger partial charge in [0.25, 0.3) is 17.5 Å². The number of alkyl halides is 3. The van der Waals surface area contributed by atoms with Gasteiger partial charge in [0.05, 0.1) is 21.7 Å². The van der Waals surface area contributed by atoms with Crippen molar-refractivity contribution >= 4 is 40.6 Å². The molecule has 0 heterocycles. The molecule has 12 heteroatoms. The van der Waals surface area contributed by atoms with E-state index in [0.29, 0.717) is 11.0 Å². The van der Waals surface area contributed by atoms with Gasteiger partial charge in [-0.25, -0.2) is 4.39 Å². The Kier molecular flexibility index (Phi) is 7.20. The predicted octanol–water partition coefficient (Wildman–Crippen LogP) is 5.98. The number of halogens is 4. The fourth-order valence-electron chi connectivity index (χ4n) is 2.98. The van der Waals surface area contributed by atoms with Crippen molar-refractivity contribution in [2.75, 3.05) is 16.9 Å². The molecule has 3 rings (SSSR count). The maximum absolute atomic E-state index is 13.8. The Labute approximate surface area is 194 Å². The van der Waals surface area contributed by atoms with Gasteiger partial charge in [0.15, 0.2) is 0 Å².